The summed E-state index contributed by atoms with van der Waals surface area (Å²) in [6.45, 7) is 0.581. The Bertz CT molecular complexity index is 422. The first kappa shape index (κ1) is 11.6. The second-order valence-corrected chi connectivity index (χ2v) is 6.65. The summed E-state index contributed by atoms with van der Waals surface area (Å²) in [7, 11) is 0. The van der Waals surface area contributed by atoms with E-state index < -0.39 is 12.0 Å². The van der Waals surface area contributed by atoms with Gasteiger partial charge >= 0.3 is 12.0 Å². The van der Waals surface area contributed by atoms with E-state index in [0.29, 0.717) is 30.8 Å². The molecule has 0 aromatic carbocycles. The second kappa shape index (κ2) is 3.87. The Morgan fingerprint density at radius 3 is 2.42 bits per heavy atom. The number of aliphatic carboxylic acids is 1. The molecule has 5 atom stereocenters. The third-order valence-electron chi connectivity index (χ3n) is 5.82. The van der Waals surface area contributed by atoms with E-state index in [-0.39, 0.29) is 6.03 Å². The van der Waals surface area contributed by atoms with Crippen molar-refractivity contribution in [3.8, 4) is 0 Å². The number of hydrogen-bond acceptors (Lipinski definition) is 2. The second-order valence-electron chi connectivity index (χ2n) is 6.65. The summed E-state index contributed by atoms with van der Waals surface area (Å²) >= 11 is 0. The lowest BCUT2D eigenvalue weighted by molar-refractivity contribution is -0.141. The summed E-state index contributed by atoms with van der Waals surface area (Å²) in [6, 6.07) is -0.423. The molecule has 1 saturated heterocycles. The van der Waals surface area contributed by atoms with E-state index in [1.807, 2.05) is 0 Å². The highest BCUT2D eigenvalue weighted by atomic mass is 16.4. The lowest BCUT2D eigenvalue weighted by Crippen LogP contribution is -2.47. The van der Waals surface area contributed by atoms with Crippen LogP contribution < -0.4 is 5.32 Å². The fraction of sp³-hybridized carbons (Fsp3) is 0.857. The van der Waals surface area contributed by atoms with E-state index in [1.165, 1.54) is 24.2 Å². The van der Waals surface area contributed by atoms with Crippen molar-refractivity contribution >= 4 is 12.0 Å². The standard InChI is InChI=1S/C14H20N2O3/c17-13(18)9-2-1-5-16(9)14(19)15-12-10-7-3-4-8(6-7)11(10)12/h7-12H,1-6H2,(H,15,19)(H,17,18). The van der Waals surface area contributed by atoms with Crippen LogP contribution in [0.1, 0.15) is 32.1 Å². The maximum absolute atomic E-state index is 12.2. The zero-order valence-corrected chi connectivity index (χ0v) is 10.9. The Kier molecular flexibility index (Phi) is 2.35. The molecule has 0 spiro atoms. The predicted molar refractivity (Wildman–Crippen MR) is 67.5 cm³/mol. The lowest BCUT2D eigenvalue weighted by Gasteiger charge is -2.22. The van der Waals surface area contributed by atoms with Crippen LogP contribution in [0.15, 0.2) is 0 Å². The molecule has 2 bridgehead atoms. The first-order chi connectivity index (χ1) is 9.16. The number of fused-ring (bicyclic) bond motifs is 5. The Hall–Kier alpha value is -1.26. The van der Waals surface area contributed by atoms with E-state index in [1.54, 1.807) is 0 Å². The number of nitrogens with one attached hydrogen (secondary N) is 1. The number of carbonyl (C=O) groups excluding carboxylic acids is 1. The van der Waals surface area contributed by atoms with Crippen LogP contribution in [-0.4, -0.2) is 40.6 Å². The van der Waals surface area contributed by atoms with E-state index >= 15 is 0 Å². The van der Waals surface area contributed by atoms with Gasteiger partial charge in [0, 0.05) is 12.6 Å². The molecule has 4 fully saturated rings. The highest BCUT2D eigenvalue weighted by Gasteiger charge is 2.65. The highest BCUT2D eigenvalue weighted by Crippen LogP contribution is 2.65. The quantitative estimate of drug-likeness (QED) is 0.789. The van der Waals surface area contributed by atoms with E-state index in [9.17, 15) is 9.59 Å². The van der Waals surface area contributed by atoms with E-state index in [4.69, 9.17) is 5.11 Å². The Labute approximate surface area is 112 Å². The van der Waals surface area contributed by atoms with Gasteiger partial charge in [-0.1, -0.05) is 0 Å². The summed E-state index contributed by atoms with van der Waals surface area (Å²) < 4.78 is 0. The summed E-state index contributed by atoms with van der Waals surface area (Å²) in [6.07, 6.45) is 5.42. The third-order valence-corrected chi connectivity index (χ3v) is 5.82. The van der Waals surface area contributed by atoms with Crippen LogP contribution in [-0.2, 0) is 4.79 Å². The van der Waals surface area contributed by atoms with Crippen molar-refractivity contribution in [2.24, 2.45) is 23.7 Å². The van der Waals surface area contributed by atoms with Gasteiger partial charge in [0.2, 0.25) is 0 Å². The van der Waals surface area contributed by atoms with Gasteiger partial charge in [-0.15, -0.1) is 0 Å². The molecule has 5 unspecified atom stereocenters. The van der Waals surface area contributed by atoms with Crippen LogP contribution in [0.25, 0.3) is 0 Å². The molecule has 3 saturated carbocycles. The number of likely N-dealkylation sites (tertiary alicyclic amines) is 1. The molecule has 0 radical (unpaired) electrons. The van der Waals surface area contributed by atoms with Gasteiger partial charge in [-0.25, -0.2) is 9.59 Å². The van der Waals surface area contributed by atoms with Crippen LogP contribution in [0.3, 0.4) is 0 Å². The number of hydrogen-bond donors (Lipinski definition) is 2. The van der Waals surface area contributed by atoms with Gasteiger partial charge in [-0.05, 0) is 55.8 Å². The van der Waals surface area contributed by atoms with Crippen molar-refractivity contribution in [3.63, 3.8) is 0 Å². The van der Waals surface area contributed by atoms with Gasteiger partial charge < -0.3 is 15.3 Å². The van der Waals surface area contributed by atoms with Crippen LogP contribution in [0.5, 0.6) is 0 Å². The highest BCUT2D eigenvalue weighted by molar-refractivity contribution is 5.83. The Balaban J connectivity index is 1.39. The SMILES string of the molecule is O=C(O)C1CCCN1C(=O)NC1C2C3CCC(C3)C12. The molecule has 3 aliphatic carbocycles. The van der Waals surface area contributed by atoms with Crippen LogP contribution in [0.4, 0.5) is 4.79 Å². The summed E-state index contributed by atoms with van der Waals surface area (Å²) in [5, 5.41) is 12.2. The summed E-state index contributed by atoms with van der Waals surface area (Å²) in [5.74, 6) is 2.19. The number of nitrogens with zero attached hydrogens (tertiary/aromatic N) is 1. The van der Waals surface area contributed by atoms with Crippen molar-refractivity contribution in [2.75, 3.05) is 6.54 Å². The Morgan fingerprint density at radius 2 is 1.79 bits per heavy atom. The molecule has 4 aliphatic rings. The van der Waals surface area contributed by atoms with E-state index in [2.05, 4.69) is 5.32 Å². The molecule has 1 aliphatic heterocycles. The first-order valence-corrected chi connectivity index (χ1v) is 7.47. The molecule has 104 valence electrons. The van der Waals surface area contributed by atoms with Gasteiger partial charge in [-0.3, -0.25) is 0 Å². The molecular weight excluding hydrogens is 244 g/mol. The first-order valence-electron chi connectivity index (χ1n) is 7.47. The summed E-state index contributed by atoms with van der Waals surface area (Å²) in [5.41, 5.74) is 0. The van der Waals surface area contributed by atoms with Crippen molar-refractivity contribution in [3.05, 3.63) is 0 Å². The molecule has 0 aromatic heterocycles. The lowest BCUT2D eigenvalue weighted by atomic mass is 10.0. The average molecular weight is 264 g/mol. The van der Waals surface area contributed by atoms with Crippen molar-refractivity contribution in [2.45, 2.75) is 44.2 Å². The topological polar surface area (TPSA) is 69.6 Å². The van der Waals surface area contributed by atoms with Crippen molar-refractivity contribution < 1.29 is 14.7 Å². The minimum absolute atomic E-state index is 0.149. The average Bonchev–Trinajstić information content (AvgIpc) is 2.86. The smallest absolute Gasteiger partial charge is 0.326 e. The van der Waals surface area contributed by atoms with Crippen molar-refractivity contribution in [1.29, 1.82) is 0 Å². The molecule has 0 aromatic rings. The molecular formula is C14H20N2O3. The number of urea groups is 1. The molecule has 5 nitrogen and oxygen atoms in total. The minimum atomic E-state index is -0.872. The number of rotatable bonds is 2. The molecule has 1 heterocycles. The maximum atomic E-state index is 12.2. The van der Waals surface area contributed by atoms with Gasteiger partial charge in [0.05, 0.1) is 0 Å². The minimum Gasteiger partial charge on any atom is -0.480 e. The Morgan fingerprint density at radius 1 is 1.11 bits per heavy atom. The zero-order valence-electron chi connectivity index (χ0n) is 10.9. The van der Waals surface area contributed by atoms with Gasteiger partial charge in [0.25, 0.3) is 0 Å². The largest absolute Gasteiger partial charge is 0.480 e. The van der Waals surface area contributed by atoms with Gasteiger partial charge in [-0.2, -0.15) is 0 Å². The van der Waals surface area contributed by atoms with Crippen LogP contribution in [0, 0.1) is 23.7 Å². The fourth-order valence-electron chi connectivity index (χ4n) is 5.01. The maximum Gasteiger partial charge on any atom is 0.326 e. The monoisotopic (exact) mass is 264 g/mol. The third kappa shape index (κ3) is 1.60. The van der Waals surface area contributed by atoms with Gasteiger partial charge in [0.15, 0.2) is 0 Å². The zero-order chi connectivity index (χ0) is 13.1. The predicted octanol–water partition coefficient (Wildman–Crippen LogP) is 1.29. The molecule has 5 heteroatoms. The molecule has 4 rings (SSSR count). The van der Waals surface area contributed by atoms with Crippen LogP contribution in [0.2, 0.25) is 0 Å². The van der Waals surface area contributed by atoms with Crippen LogP contribution >= 0.6 is 0 Å². The van der Waals surface area contributed by atoms with Crippen molar-refractivity contribution in [1.82, 2.24) is 10.2 Å². The van der Waals surface area contributed by atoms with Gasteiger partial charge in [0.1, 0.15) is 6.04 Å². The number of carboxylic acids is 1. The normalized spacial score (nSPS) is 46.2. The number of carboxylic acid groups (broad SMARTS) is 1. The molecule has 19 heavy (non-hydrogen) atoms. The number of carbonyl (C=O) groups is 2. The molecule has 2 N–H and O–H groups in total. The fourth-order valence-corrected chi connectivity index (χ4v) is 5.01. The number of amides is 2. The van der Waals surface area contributed by atoms with E-state index in [0.717, 1.165) is 18.3 Å². The summed E-state index contributed by atoms with van der Waals surface area (Å²) in [4.78, 5) is 24.8. The molecule has 2 amide bonds.